The molecule has 0 aromatic carbocycles. The van der Waals surface area contributed by atoms with Crippen LogP contribution in [-0.2, 0) is 17.9 Å². The summed E-state index contributed by atoms with van der Waals surface area (Å²) in [5.41, 5.74) is 0.653. The van der Waals surface area contributed by atoms with E-state index in [9.17, 15) is 13.2 Å². The average molecular weight is 265 g/mol. The van der Waals surface area contributed by atoms with Crippen molar-refractivity contribution in [2.24, 2.45) is 0 Å². The molecule has 0 atom stereocenters. The van der Waals surface area contributed by atoms with Crippen LogP contribution in [0.15, 0.2) is 10.5 Å². The van der Waals surface area contributed by atoms with Crippen molar-refractivity contribution in [2.75, 3.05) is 6.61 Å². The number of hydrogen-bond acceptors (Lipinski definition) is 3. The first kappa shape index (κ1) is 15.0. The van der Waals surface area contributed by atoms with Crippen LogP contribution in [0, 0.1) is 6.92 Å². The molecule has 0 spiro atoms. The summed E-state index contributed by atoms with van der Waals surface area (Å²) in [7, 11) is 0. The van der Waals surface area contributed by atoms with E-state index in [1.165, 1.54) is 0 Å². The number of aryl methyl sites for hydroxylation is 1. The molecule has 0 bridgehead atoms. The van der Waals surface area contributed by atoms with Gasteiger partial charge in [-0.2, -0.15) is 13.2 Å². The van der Waals surface area contributed by atoms with Crippen molar-refractivity contribution in [2.45, 2.75) is 46.1 Å². The molecule has 0 unspecified atom stereocenters. The number of furan rings is 1. The standard InChI is InChI=1S/C12H18F3NO2/c1-8(2)16-5-11-4-10(9(3)18-11)6-17-7-12(13,14)15/h4,8,16H,5-7H2,1-3H3. The highest BCUT2D eigenvalue weighted by Crippen LogP contribution is 2.19. The molecule has 1 rings (SSSR count). The molecule has 0 aliphatic carbocycles. The molecule has 0 radical (unpaired) electrons. The zero-order valence-corrected chi connectivity index (χ0v) is 10.7. The summed E-state index contributed by atoms with van der Waals surface area (Å²) < 4.78 is 45.8. The Kier molecular flexibility index (Phi) is 5.22. The van der Waals surface area contributed by atoms with E-state index in [0.717, 1.165) is 0 Å². The summed E-state index contributed by atoms with van der Waals surface area (Å²) in [5.74, 6) is 1.30. The SMILES string of the molecule is Cc1oc(CNC(C)C)cc1COCC(F)(F)F. The van der Waals surface area contributed by atoms with Gasteiger partial charge < -0.3 is 14.5 Å². The lowest BCUT2D eigenvalue weighted by molar-refractivity contribution is -0.176. The number of ether oxygens (including phenoxy) is 1. The Labute approximate surface area is 104 Å². The summed E-state index contributed by atoms with van der Waals surface area (Å²) in [6, 6.07) is 2.04. The molecule has 1 heterocycles. The predicted molar refractivity (Wildman–Crippen MR) is 61.1 cm³/mol. The Bertz CT molecular complexity index is 372. The maximum atomic E-state index is 11.9. The van der Waals surface area contributed by atoms with Gasteiger partial charge in [0.1, 0.15) is 18.1 Å². The maximum absolute atomic E-state index is 11.9. The van der Waals surface area contributed by atoms with Crippen molar-refractivity contribution < 1.29 is 22.3 Å². The van der Waals surface area contributed by atoms with Crippen LogP contribution in [0.4, 0.5) is 13.2 Å². The van der Waals surface area contributed by atoms with E-state index < -0.39 is 12.8 Å². The molecular formula is C12H18F3NO2. The van der Waals surface area contributed by atoms with Gasteiger partial charge in [0.05, 0.1) is 13.2 Å². The third-order valence-corrected chi connectivity index (χ3v) is 2.28. The van der Waals surface area contributed by atoms with Gasteiger partial charge in [0.15, 0.2) is 0 Å². The second kappa shape index (κ2) is 6.24. The van der Waals surface area contributed by atoms with Gasteiger partial charge in [-0.05, 0) is 13.0 Å². The lowest BCUT2D eigenvalue weighted by atomic mass is 10.2. The van der Waals surface area contributed by atoms with E-state index in [-0.39, 0.29) is 6.61 Å². The first-order valence-corrected chi connectivity index (χ1v) is 5.74. The van der Waals surface area contributed by atoms with Crippen LogP contribution in [0.5, 0.6) is 0 Å². The smallest absolute Gasteiger partial charge is 0.411 e. The van der Waals surface area contributed by atoms with Crippen molar-refractivity contribution in [1.82, 2.24) is 5.32 Å². The van der Waals surface area contributed by atoms with E-state index in [2.05, 4.69) is 10.1 Å². The van der Waals surface area contributed by atoms with Crippen LogP contribution in [0.2, 0.25) is 0 Å². The van der Waals surface area contributed by atoms with E-state index >= 15 is 0 Å². The Morgan fingerprint density at radius 3 is 2.61 bits per heavy atom. The highest BCUT2D eigenvalue weighted by Gasteiger charge is 2.27. The first-order valence-electron chi connectivity index (χ1n) is 5.74. The minimum absolute atomic E-state index is 0.0868. The van der Waals surface area contributed by atoms with Crippen molar-refractivity contribution in [3.63, 3.8) is 0 Å². The Morgan fingerprint density at radius 2 is 2.06 bits per heavy atom. The molecule has 104 valence electrons. The van der Waals surface area contributed by atoms with Gasteiger partial charge in [-0.1, -0.05) is 13.8 Å². The molecule has 0 saturated heterocycles. The highest BCUT2D eigenvalue weighted by molar-refractivity contribution is 5.19. The second-order valence-electron chi connectivity index (χ2n) is 4.44. The molecule has 0 aliphatic heterocycles. The second-order valence-corrected chi connectivity index (χ2v) is 4.44. The quantitative estimate of drug-likeness (QED) is 0.858. The fraction of sp³-hybridized carbons (Fsp3) is 0.667. The molecule has 1 aromatic rings. The van der Waals surface area contributed by atoms with Crippen LogP contribution in [0.25, 0.3) is 0 Å². The van der Waals surface area contributed by atoms with E-state index in [4.69, 9.17) is 4.42 Å². The fourth-order valence-electron chi connectivity index (χ4n) is 1.40. The third kappa shape index (κ3) is 5.55. The molecule has 1 aromatic heterocycles. The summed E-state index contributed by atoms with van der Waals surface area (Å²) in [5, 5.41) is 3.17. The molecule has 0 aliphatic rings. The van der Waals surface area contributed by atoms with Crippen LogP contribution in [-0.4, -0.2) is 18.8 Å². The average Bonchev–Trinajstić information content (AvgIpc) is 2.55. The number of hydrogen-bond donors (Lipinski definition) is 1. The predicted octanol–water partition coefficient (Wildman–Crippen LogP) is 3.16. The normalized spacial score (nSPS) is 12.4. The van der Waals surface area contributed by atoms with Crippen LogP contribution < -0.4 is 5.32 Å². The monoisotopic (exact) mass is 265 g/mol. The van der Waals surface area contributed by atoms with Crippen molar-refractivity contribution in [3.05, 3.63) is 23.2 Å². The minimum atomic E-state index is -4.29. The number of nitrogens with one attached hydrogen (secondary N) is 1. The minimum Gasteiger partial charge on any atom is -0.465 e. The summed E-state index contributed by atoms with van der Waals surface area (Å²) in [4.78, 5) is 0. The molecule has 3 nitrogen and oxygen atoms in total. The molecule has 1 N–H and O–H groups in total. The van der Waals surface area contributed by atoms with Gasteiger partial charge in [-0.15, -0.1) is 0 Å². The lowest BCUT2D eigenvalue weighted by Crippen LogP contribution is -2.21. The highest BCUT2D eigenvalue weighted by atomic mass is 19.4. The lowest BCUT2D eigenvalue weighted by Gasteiger charge is -2.06. The summed E-state index contributed by atoms with van der Waals surface area (Å²) >= 11 is 0. The Balaban J connectivity index is 2.46. The van der Waals surface area contributed by atoms with Crippen LogP contribution in [0.3, 0.4) is 0 Å². The van der Waals surface area contributed by atoms with Gasteiger partial charge in [-0.25, -0.2) is 0 Å². The van der Waals surface area contributed by atoms with E-state index in [1.807, 2.05) is 13.8 Å². The van der Waals surface area contributed by atoms with Gasteiger partial charge in [0.25, 0.3) is 0 Å². The van der Waals surface area contributed by atoms with Gasteiger partial charge >= 0.3 is 6.18 Å². The van der Waals surface area contributed by atoms with Crippen LogP contribution in [0.1, 0.15) is 30.9 Å². The molecule has 0 fully saturated rings. The Hall–Kier alpha value is -1.01. The van der Waals surface area contributed by atoms with Crippen molar-refractivity contribution >= 4 is 0 Å². The summed E-state index contributed by atoms with van der Waals surface area (Å²) in [6.45, 7) is 4.95. The van der Waals surface area contributed by atoms with Crippen molar-refractivity contribution in [1.29, 1.82) is 0 Å². The van der Waals surface area contributed by atoms with E-state index in [0.29, 0.717) is 29.7 Å². The molecule has 6 heteroatoms. The molecule has 0 saturated carbocycles. The largest absolute Gasteiger partial charge is 0.465 e. The van der Waals surface area contributed by atoms with Gasteiger partial charge in [0, 0.05) is 11.6 Å². The zero-order valence-electron chi connectivity index (χ0n) is 10.7. The third-order valence-electron chi connectivity index (χ3n) is 2.28. The molecular weight excluding hydrogens is 247 g/mol. The first-order chi connectivity index (χ1) is 8.28. The van der Waals surface area contributed by atoms with Crippen LogP contribution >= 0.6 is 0 Å². The van der Waals surface area contributed by atoms with E-state index in [1.54, 1.807) is 13.0 Å². The van der Waals surface area contributed by atoms with Crippen molar-refractivity contribution in [3.8, 4) is 0 Å². The van der Waals surface area contributed by atoms with Gasteiger partial charge in [0.2, 0.25) is 0 Å². The molecule has 0 amide bonds. The fourth-order valence-corrected chi connectivity index (χ4v) is 1.40. The summed E-state index contributed by atoms with van der Waals surface area (Å²) in [6.07, 6.45) is -4.29. The number of alkyl halides is 3. The number of halogens is 3. The zero-order chi connectivity index (χ0) is 13.8. The van der Waals surface area contributed by atoms with Gasteiger partial charge in [-0.3, -0.25) is 0 Å². The maximum Gasteiger partial charge on any atom is 0.411 e. The molecule has 18 heavy (non-hydrogen) atoms. The number of rotatable bonds is 6. The topological polar surface area (TPSA) is 34.4 Å². The Morgan fingerprint density at radius 1 is 1.39 bits per heavy atom.